The van der Waals surface area contributed by atoms with Crippen LogP contribution in [0.3, 0.4) is 0 Å². The van der Waals surface area contributed by atoms with Gasteiger partial charge in [-0.25, -0.2) is 19.6 Å². The number of aromatic carboxylic acids is 1. The number of hydrogen-bond acceptors (Lipinski definition) is 5. The van der Waals surface area contributed by atoms with Gasteiger partial charge >= 0.3 is 12.0 Å². The number of pyridine rings is 1. The molecule has 0 bridgehead atoms. The molecule has 2 aromatic heterocycles. The van der Waals surface area contributed by atoms with Crippen LogP contribution in [-0.2, 0) is 6.54 Å². The predicted octanol–water partition coefficient (Wildman–Crippen LogP) is 1.40. The summed E-state index contributed by atoms with van der Waals surface area (Å²) in [6.07, 6.45) is 2.82. The van der Waals surface area contributed by atoms with Crippen molar-refractivity contribution < 1.29 is 19.1 Å². The van der Waals surface area contributed by atoms with Crippen LogP contribution in [0.4, 0.5) is 10.5 Å². The van der Waals surface area contributed by atoms with Gasteiger partial charge < -0.3 is 20.2 Å². The van der Waals surface area contributed by atoms with Crippen LogP contribution in [0, 0.1) is 6.92 Å². The molecule has 3 N–H and O–H groups in total. The number of carboxylic acid groups (broad SMARTS) is 1. The second-order valence-corrected chi connectivity index (χ2v) is 3.91. The fraction of sp³-hybridized carbons (Fsp3) is 0.167. The summed E-state index contributed by atoms with van der Waals surface area (Å²) < 4.78 is 5.19. The average molecular weight is 276 g/mol. The van der Waals surface area contributed by atoms with Crippen molar-refractivity contribution in [2.75, 3.05) is 5.32 Å². The number of carbonyl (C=O) groups is 2. The maximum Gasteiger partial charge on any atom is 0.354 e. The third-order valence-electron chi connectivity index (χ3n) is 2.31. The van der Waals surface area contributed by atoms with E-state index in [4.69, 9.17) is 9.52 Å². The molecule has 8 nitrogen and oxygen atoms in total. The molecule has 0 unspecified atom stereocenters. The lowest BCUT2D eigenvalue weighted by atomic mass is 10.3. The standard InChI is InChI=1S/C12H12N4O4/c1-7-4-14-10(20-7)6-15-12(19)16-8-2-3-9(11(17)18)13-5-8/h2-5H,6H2,1H3,(H,17,18)(H2,15,16,19). The quantitative estimate of drug-likeness (QED) is 0.776. The Hall–Kier alpha value is -2.90. The van der Waals surface area contributed by atoms with E-state index >= 15 is 0 Å². The number of aryl methyl sites for hydroxylation is 1. The Labute approximate surface area is 113 Å². The Kier molecular flexibility index (Phi) is 3.94. The molecule has 0 spiro atoms. The highest BCUT2D eigenvalue weighted by Crippen LogP contribution is 2.06. The number of aromatic nitrogens is 2. The maximum atomic E-state index is 11.6. The van der Waals surface area contributed by atoms with E-state index in [0.29, 0.717) is 17.3 Å². The molecular weight excluding hydrogens is 264 g/mol. The summed E-state index contributed by atoms with van der Waals surface area (Å²) >= 11 is 0. The highest BCUT2D eigenvalue weighted by Gasteiger charge is 2.07. The molecule has 104 valence electrons. The first-order chi connectivity index (χ1) is 9.54. The van der Waals surface area contributed by atoms with Crippen molar-refractivity contribution in [2.24, 2.45) is 0 Å². The fourth-order valence-electron chi connectivity index (χ4n) is 1.41. The summed E-state index contributed by atoms with van der Waals surface area (Å²) in [6, 6.07) is 2.28. The van der Waals surface area contributed by atoms with E-state index in [1.54, 1.807) is 13.1 Å². The van der Waals surface area contributed by atoms with E-state index in [1.807, 2.05) is 0 Å². The van der Waals surface area contributed by atoms with Crippen LogP contribution in [0.5, 0.6) is 0 Å². The summed E-state index contributed by atoms with van der Waals surface area (Å²) in [7, 11) is 0. The smallest absolute Gasteiger partial charge is 0.354 e. The Morgan fingerprint density at radius 2 is 2.10 bits per heavy atom. The van der Waals surface area contributed by atoms with E-state index < -0.39 is 12.0 Å². The zero-order valence-corrected chi connectivity index (χ0v) is 10.6. The average Bonchev–Trinajstić information content (AvgIpc) is 2.83. The minimum Gasteiger partial charge on any atom is -0.477 e. The van der Waals surface area contributed by atoms with Crippen LogP contribution in [0.25, 0.3) is 0 Å². The first kappa shape index (κ1) is 13.5. The van der Waals surface area contributed by atoms with Crippen LogP contribution in [0.1, 0.15) is 22.1 Å². The van der Waals surface area contributed by atoms with Gasteiger partial charge in [0.05, 0.1) is 24.6 Å². The van der Waals surface area contributed by atoms with Crippen LogP contribution >= 0.6 is 0 Å². The summed E-state index contributed by atoms with van der Waals surface area (Å²) in [5.74, 6) is -0.0621. The zero-order chi connectivity index (χ0) is 14.5. The van der Waals surface area contributed by atoms with Gasteiger partial charge in [-0.15, -0.1) is 0 Å². The van der Waals surface area contributed by atoms with Crippen molar-refractivity contribution in [3.05, 3.63) is 41.9 Å². The Bertz CT molecular complexity index is 621. The Balaban J connectivity index is 1.86. The number of nitrogens with zero attached hydrogens (tertiary/aromatic N) is 2. The molecule has 2 heterocycles. The minimum absolute atomic E-state index is 0.0915. The predicted molar refractivity (Wildman–Crippen MR) is 68.3 cm³/mol. The van der Waals surface area contributed by atoms with Gasteiger partial charge in [-0.05, 0) is 19.1 Å². The first-order valence-corrected chi connectivity index (χ1v) is 5.70. The van der Waals surface area contributed by atoms with E-state index in [2.05, 4.69) is 20.6 Å². The van der Waals surface area contributed by atoms with E-state index in [1.165, 1.54) is 18.3 Å². The van der Waals surface area contributed by atoms with Gasteiger partial charge in [0.2, 0.25) is 5.89 Å². The zero-order valence-electron chi connectivity index (χ0n) is 10.6. The summed E-state index contributed by atoms with van der Waals surface area (Å²) in [5, 5.41) is 13.7. The second kappa shape index (κ2) is 5.83. The second-order valence-electron chi connectivity index (χ2n) is 3.91. The molecular formula is C12H12N4O4. The van der Waals surface area contributed by atoms with Crippen molar-refractivity contribution in [3.8, 4) is 0 Å². The fourth-order valence-corrected chi connectivity index (χ4v) is 1.41. The molecule has 0 radical (unpaired) electrons. The number of nitrogens with one attached hydrogen (secondary N) is 2. The van der Waals surface area contributed by atoms with Gasteiger partial charge in [0, 0.05) is 0 Å². The molecule has 8 heteroatoms. The molecule has 2 amide bonds. The lowest BCUT2D eigenvalue weighted by molar-refractivity contribution is 0.0690. The van der Waals surface area contributed by atoms with Crippen LogP contribution in [0.15, 0.2) is 28.9 Å². The number of oxazole rings is 1. The molecule has 2 rings (SSSR count). The molecule has 0 aliphatic carbocycles. The van der Waals surface area contributed by atoms with Crippen molar-refractivity contribution >= 4 is 17.7 Å². The molecule has 0 saturated heterocycles. The highest BCUT2D eigenvalue weighted by atomic mass is 16.4. The van der Waals surface area contributed by atoms with Crippen molar-refractivity contribution in [3.63, 3.8) is 0 Å². The van der Waals surface area contributed by atoms with E-state index in [9.17, 15) is 9.59 Å². The van der Waals surface area contributed by atoms with Gasteiger partial charge in [-0.2, -0.15) is 0 Å². The number of carboxylic acids is 1. The third-order valence-corrected chi connectivity index (χ3v) is 2.31. The maximum absolute atomic E-state index is 11.6. The summed E-state index contributed by atoms with van der Waals surface area (Å²) in [6.45, 7) is 1.91. The van der Waals surface area contributed by atoms with Gasteiger partial charge in [-0.3, -0.25) is 0 Å². The number of rotatable bonds is 4. The molecule has 20 heavy (non-hydrogen) atoms. The molecule has 2 aromatic rings. The van der Waals surface area contributed by atoms with E-state index in [0.717, 1.165) is 0 Å². The molecule has 0 aliphatic rings. The van der Waals surface area contributed by atoms with Crippen LogP contribution < -0.4 is 10.6 Å². The van der Waals surface area contributed by atoms with Gasteiger partial charge in [-0.1, -0.05) is 0 Å². The number of amides is 2. The third kappa shape index (κ3) is 3.55. The summed E-state index contributed by atoms with van der Waals surface area (Å²) in [5.41, 5.74) is 0.294. The van der Waals surface area contributed by atoms with Gasteiger partial charge in [0.1, 0.15) is 11.5 Å². The number of anilines is 1. The van der Waals surface area contributed by atoms with Crippen LogP contribution in [-0.4, -0.2) is 27.1 Å². The largest absolute Gasteiger partial charge is 0.477 e. The van der Waals surface area contributed by atoms with E-state index in [-0.39, 0.29) is 12.2 Å². The Morgan fingerprint density at radius 3 is 2.65 bits per heavy atom. The molecule has 0 saturated carbocycles. The van der Waals surface area contributed by atoms with Crippen LogP contribution in [0.2, 0.25) is 0 Å². The van der Waals surface area contributed by atoms with Crippen molar-refractivity contribution in [1.82, 2.24) is 15.3 Å². The molecule has 0 fully saturated rings. The lowest BCUT2D eigenvalue weighted by Gasteiger charge is -2.05. The van der Waals surface area contributed by atoms with Gasteiger partial charge in [0.25, 0.3) is 0 Å². The van der Waals surface area contributed by atoms with Gasteiger partial charge in [0.15, 0.2) is 0 Å². The SMILES string of the molecule is Cc1cnc(CNC(=O)Nc2ccc(C(=O)O)nc2)o1. The normalized spacial score (nSPS) is 10.1. The minimum atomic E-state index is -1.12. The first-order valence-electron chi connectivity index (χ1n) is 5.70. The molecule has 0 aliphatic heterocycles. The lowest BCUT2D eigenvalue weighted by Crippen LogP contribution is -2.28. The van der Waals surface area contributed by atoms with Crippen molar-refractivity contribution in [1.29, 1.82) is 0 Å². The number of urea groups is 1. The topological polar surface area (TPSA) is 117 Å². The molecule has 0 atom stereocenters. The monoisotopic (exact) mass is 276 g/mol. The van der Waals surface area contributed by atoms with Crippen molar-refractivity contribution in [2.45, 2.75) is 13.5 Å². The highest BCUT2D eigenvalue weighted by molar-refractivity contribution is 5.90. The molecule has 0 aromatic carbocycles. The number of carbonyl (C=O) groups excluding carboxylic acids is 1. The summed E-state index contributed by atoms with van der Waals surface area (Å²) in [4.78, 5) is 29.8. The Morgan fingerprint density at radius 1 is 1.30 bits per heavy atom. The number of hydrogen-bond donors (Lipinski definition) is 3.